The van der Waals surface area contributed by atoms with E-state index in [1.165, 1.54) is 11.1 Å². The molecule has 2 aromatic heterocycles. The van der Waals surface area contributed by atoms with Crippen LogP contribution in [0.15, 0.2) is 53.3 Å². The second-order valence-electron chi connectivity index (χ2n) is 11.2. The van der Waals surface area contributed by atoms with Gasteiger partial charge in [0.2, 0.25) is 0 Å². The fourth-order valence-electron chi connectivity index (χ4n) is 5.04. The number of H-pyrrole nitrogens is 1. The number of nitrogens with zero attached hydrogens (tertiary/aromatic N) is 5. The average Bonchev–Trinajstić information content (AvgIpc) is 3.29. The van der Waals surface area contributed by atoms with Gasteiger partial charge in [-0.1, -0.05) is 55.8 Å². The molecule has 2 heterocycles. The highest BCUT2D eigenvalue weighted by molar-refractivity contribution is 5.82. The van der Waals surface area contributed by atoms with E-state index in [1.807, 2.05) is 23.7 Å². The van der Waals surface area contributed by atoms with E-state index in [-0.39, 0.29) is 23.1 Å². The predicted octanol–water partition coefficient (Wildman–Crippen LogP) is 5.33. The minimum atomic E-state index is -0.257. The van der Waals surface area contributed by atoms with Crippen LogP contribution in [0.2, 0.25) is 0 Å². The normalized spacial score (nSPS) is 13.1. The second-order valence-corrected chi connectivity index (χ2v) is 11.2. The molecule has 7 nitrogen and oxygen atoms in total. The Balaban J connectivity index is 1.77. The Bertz CT molecular complexity index is 1380. The summed E-state index contributed by atoms with van der Waals surface area (Å²) in [4.78, 5) is 18.8. The third-order valence-corrected chi connectivity index (χ3v) is 6.69. The third-order valence-electron chi connectivity index (χ3n) is 6.69. The first-order chi connectivity index (χ1) is 17.0. The van der Waals surface area contributed by atoms with E-state index in [1.54, 1.807) is 0 Å². The number of tetrazole rings is 1. The molecule has 0 aliphatic heterocycles. The number of aromatic nitrogens is 5. The lowest BCUT2D eigenvalue weighted by Crippen LogP contribution is -2.39. The Morgan fingerprint density at radius 1 is 1.06 bits per heavy atom. The number of aromatic amines is 1. The van der Waals surface area contributed by atoms with Crippen molar-refractivity contribution in [2.45, 2.75) is 73.0 Å². The Labute approximate surface area is 213 Å². The second kappa shape index (κ2) is 10.3. The molecular weight excluding hydrogens is 448 g/mol. The summed E-state index contributed by atoms with van der Waals surface area (Å²) >= 11 is 0. The summed E-state index contributed by atoms with van der Waals surface area (Å²) in [5.74, 6) is 1.06. The smallest absolute Gasteiger partial charge is 0.252 e. The molecule has 0 saturated carbocycles. The number of hydrogen-bond donors (Lipinski definition) is 1. The predicted molar refractivity (Wildman–Crippen MR) is 145 cm³/mol. The van der Waals surface area contributed by atoms with E-state index in [2.05, 4.69) is 103 Å². The molecule has 0 aliphatic rings. The van der Waals surface area contributed by atoms with E-state index in [4.69, 9.17) is 0 Å². The molecule has 36 heavy (non-hydrogen) atoms. The molecule has 1 unspecified atom stereocenters. The maximum atomic E-state index is 13.3. The van der Waals surface area contributed by atoms with Crippen LogP contribution in [0.3, 0.4) is 0 Å². The number of hydrogen-bond acceptors (Lipinski definition) is 5. The minimum absolute atomic E-state index is 0.0444. The van der Waals surface area contributed by atoms with Crippen molar-refractivity contribution < 1.29 is 0 Å². The van der Waals surface area contributed by atoms with E-state index >= 15 is 0 Å². The Morgan fingerprint density at radius 3 is 2.44 bits per heavy atom. The quantitative estimate of drug-likeness (QED) is 0.364. The number of aryl methyl sites for hydroxylation is 2. The van der Waals surface area contributed by atoms with Crippen LogP contribution in [0.1, 0.15) is 68.7 Å². The molecule has 0 bridgehead atoms. The zero-order chi connectivity index (χ0) is 26.0. The molecule has 0 saturated heterocycles. The van der Waals surface area contributed by atoms with Gasteiger partial charge in [0.05, 0.1) is 17.1 Å². The van der Waals surface area contributed by atoms with E-state index in [0.29, 0.717) is 6.54 Å². The van der Waals surface area contributed by atoms with Crippen molar-refractivity contribution in [3.63, 3.8) is 0 Å². The van der Waals surface area contributed by atoms with Crippen LogP contribution in [0, 0.1) is 19.8 Å². The summed E-state index contributed by atoms with van der Waals surface area (Å²) < 4.78 is 1.92. The summed E-state index contributed by atoms with van der Waals surface area (Å²) in [6.45, 7) is 16.1. The monoisotopic (exact) mass is 486 g/mol. The number of benzene rings is 2. The van der Waals surface area contributed by atoms with Crippen LogP contribution in [-0.4, -0.2) is 36.6 Å². The molecule has 0 aliphatic carbocycles. The Hall–Kier alpha value is -3.32. The molecule has 0 amide bonds. The molecule has 4 rings (SSSR count). The van der Waals surface area contributed by atoms with E-state index in [9.17, 15) is 4.79 Å². The molecule has 190 valence electrons. The summed E-state index contributed by atoms with van der Waals surface area (Å²) in [6, 6.07) is 16.7. The van der Waals surface area contributed by atoms with Gasteiger partial charge in [0, 0.05) is 18.7 Å². The molecule has 7 heteroatoms. The summed E-state index contributed by atoms with van der Waals surface area (Å²) in [5.41, 5.74) is 4.88. The number of fused-ring (bicyclic) bond motifs is 1. The summed E-state index contributed by atoms with van der Waals surface area (Å²) in [5, 5.41) is 13.9. The topological polar surface area (TPSA) is 79.7 Å². The molecule has 4 aromatic rings. The Morgan fingerprint density at radius 2 is 1.78 bits per heavy atom. The van der Waals surface area contributed by atoms with Crippen molar-refractivity contribution in [2.24, 2.45) is 5.92 Å². The highest BCUT2D eigenvalue weighted by Crippen LogP contribution is 2.31. The van der Waals surface area contributed by atoms with Gasteiger partial charge in [-0.2, -0.15) is 0 Å². The van der Waals surface area contributed by atoms with E-state index in [0.717, 1.165) is 40.8 Å². The van der Waals surface area contributed by atoms with Crippen LogP contribution in [0.25, 0.3) is 10.9 Å². The highest BCUT2D eigenvalue weighted by Gasteiger charge is 2.32. The zero-order valence-electron chi connectivity index (χ0n) is 22.5. The first-order valence-corrected chi connectivity index (χ1v) is 12.7. The van der Waals surface area contributed by atoms with Gasteiger partial charge in [-0.25, -0.2) is 4.68 Å². The number of pyridine rings is 1. The van der Waals surface area contributed by atoms with Crippen molar-refractivity contribution in [3.8, 4) is 0 Å². The fraction of sp³-hybridized carbons (Fsp3) is 0.448. The molecule has 0 radical (unpaired) electrons. The minimum Gasteiger partial charge on any atom is -0.321 e. The van der Waals surface area contributed by atoms with Gasteiger partial charge >= 0.3 is 0 Å². The molecule has 0 fully saturated rings. The molecule has 0 spiro atoms. The Kier molecular flexibility index (Phi) is 7.41. The molecule has 1 N–H and O–H groups in total. The van der Waals surface area contributed by atoms with Crippen LogP contribution in [0.4, 0.5) is 0 Å². The fourth-order valence-corrected chi connectivity index (χ4v) is 5.04. The number of rotatable bonds is 8. The zero-order valence-corrected chi connectivity index (χ0v) is 22.5. The van der Waals surface area contributed by atoms with Gasteiger partial charge in [-0.15, -0.1) is 5.10 Å². The highest BCUT2D eigenvalue weighted by atomic mass is 16.1. The standard InChI is InChI=1S/C29H38N6O/c1-19(2)26(27-31-32-33-35(27)29(5,6)7)34(14-13-22-11-9-8-10-12-22)18-24-17-23-16-20(3)15-21(4)25(23)30-28(24)36/h8-12,15-17,19,26H,13-14,18H2,1-7H3,(H,30,36). The van der Waals surface area contributed by atoms with Gasteiger partial charge in [0.15, 0.2) is 5.82 Å². The van der Waals surface area contributed by atoms with Crippen LogP contribution in [-0.2, 0) is 18.5 Å². The number of nitrogens with one attached hydrogen (secondary N) is 1. The van der Waals surface area contributed by atoms with Crippen molar-refractivity contribution in [1.82, 2.24) is 30.1 Å². The van der Waals surface area contributed by atoms with Crippen LogP contribution < -0.4 is 5.56 Å². The SMILES string of the molecule is Cc1cc(C)c2[nH]c(=O)c(CN(CCc3ccccc3)C(c3nnnn3C(C)(C)C)C(C)C)cc2c1. The van der Waals surface area contributed by atoms with Gasteiger partial charge in [-0.3, -0.25) is 9.69 Å². The van der Waals surface area contributed by atoms with Crippen molar-refractivity contribution in [2.75, 3.05) is 6.54 Å². The lowest BCUT2D eigenvalue weighted by Gasteiger charge is -2.35. The van der Waals surface area contributed by atoms with E-state index < -0.39 is 0 Å². The summed E-state index contributed by atoms with van der Waals surface area (Å²) in [6.07, 6.45) is 0.866. The largest absolute Gasteiger partial charge is 0.321 e. The maximum absolute atomic E-state index is 13.3. The van der Waals surface area contributed by atoms with Gasteiger partial charge in [0.1, 0.15) is 0 Å². The molecular formula is C29H38N6O. The third kappa shape index (κ3) is 5.57. The van der Waals surface area contributed by atoms with Crippen molar-refractivity contribution in [3.05, 3.63) is 87.0 Å². The molecule has 1 atom stereocenters. The lowest BCUT2D eigenvalue weighted by molar-refractivity contribution is 0.129. The van der Waals surface area contributed by atoms with Gasteiger partial charge in [-0.05, 0) is 86.0 Å². The lowest BCUT2D eigenvalue weighted by atomic mass is 9.98. The first kappa shape index (κ1) is 25.8. The molecule has 2 aromatic carbocycles. The first-order valence-electron chi connectivity index (χ1n) is 12.7. The maximum Gasteiger partial charge on any atom is 0.252 e. The van der Waals surface area contributed by atoms with Gasteiger partial charge in [0.25, 0.3) is 5.56 Å². The summed E-state index contributed by atoms with van der Waals surface area (Å²) in [7, 11) is 0. The van der Waals surface area contributed by atoms with Crippen LogP contribution in [0.5, 0.6) is 0 Å². The van der Waals surface area contributed by atoms with Crippen LogP contribution >= 0.6 is 0 Å². The van der Waals surface area contributed by atoms with Crippen molar-refractivity contribution >= 4 is 10.9 Å². The van der Waals surface area contributed by atoms with Gasteiger partial charge < -0.3 is 4.98 Å². The average molecular weight is 487 g/mol. The van der Waals surface area contributed by atoms with Crippen molar-refractivity contribution in [1.29, 1.82) is 0 Å².